The van der Waals surface area contributed by atoms with Gasteiger partial charge >= 0.3 is 0 Å². The summed E-state index contributed by atoms with van der Waals surface area (Å²) in [6.07, 6.45) is 3.75. The van der Waals surface area contributed by atoms with Gasteiger partial charge in [-0.05, 0) is 18.9 Å². The number of likely N-dealkylation sites (tertiary alicyclic amines) is 1. The van der Waals surface area contributed by atoms with Gasteiger partial charge in [0.25, 0.3) is 0 Å². The number of hydrogen-bond acceptors (Lipinski definition) is 6. The molecule has 1 aliphatic heterocycles. The summed E-state index contributed by atoms with van der Waals surface area (Å²) < 4.78 is 5.24. The van der Waals surface area contributed by atoms with Crippen LogP contribution in [0, 0.1) is 6.92 Å². The lowest BCUT2D eigenvalue weighted by Gasteiger charge is -2.17. The van der Waals surface area contributed by atoms with Gasteiger partial charge in [-0.1, -0.05) is 29.8 Å². The molecule has 0 spiro atoms. The fourth-order valence-corrected chi connectivity index (χ4v) is 2.76. The number of carbonyl (C=O) groups is 1. The molecule has 0 aliphatic carbocycles. The number of aliphatic hydroxyl groups excluding tert-OH is 1. The summed E-state index contributed by atoms with van der Waals surface area (Å²) >= 11 is 0. The lowest BCUT2D eigenvalue weighted by molar-refractivity contribution is -0.128. The topological polar surface area (TPSA) is 87.6 Å². The number of ether oxygens (including phenoxy) is 1. The summed E-state index contributed by atoms with van der Waals surface area (Å²) in [6, 6.07) is 7.90. The molecule has 7 heteroatoms. The van der Waals surface area contributed by atoms with Gasteiger partial charge in [-0.3, -0.25) is 9.78 Å². The number of amides is 1. The van der Waals surface area contributed by atoms with Crippen LogP contribution in [0.15, 0.2) is 36.7 Å². The van der Waals surface area contributed by atoms with E-state index in [1.807, 2.05) is 11.8 Å². The first-order valence-corrected chi connectivity index (χ1v) is 8.32. The molecule has 1 aromatic heterocycles. The Kier molecular flexibility index (Phi) is 5.45. The third-order valence-corrected chi connectivity index (χ3v) is 4.07. The van der Waals surface area contributed by atoms with E-state index in [-0.39, 0.29) is 25.2 Å². The van der Waals surface area contributed by atoms with Gasteiger partial charge in [0, 0.05) is 13.1 Å². The van der Waals surface area contributed by atoms with Gasteiger partial charge in [0.2, 0.25) is 11.8 Å². The van der Waals surface area contributed by atoms with Gasteiger partial charge in [-0.25, -0.2) is 0 Å². The van der Waals surface area contributed by atoms with Crippen molar-refractivity contribution in [2.24, 2.45) is 0 Å². The summed E-state index contributed by atoms with van der Waals surface area (Å²) in [5, 5.41) is 11.9. The molecule has 25 heavy (non-hydrogen) atoms. The van der Waals surface area contributed by atoms with E-state index in [0.29, 0.717) is 31.2 Å². The Hall–Kier alpha value is -2.67. The van der Waals surface area contributed by atoms with Gasteiger partial charge in [-0.15, -0.1) is 0 Å². The molecule has 1 amide bonds. The SMILES string of the molecule is Cc1ccc(CN2CCC(Nc3cncc(OCCO)n3)C2=O)cc1. The van der Waals surface area contributed by atoms with E-state index in [1.54, 1.807) is 6.20 Å². The Morgan fingerprint density at radius 2 is 2.12 bits per heavy atom. The summed E-state index contributed by atoms with van der Waals surface area (Å²) in [6.45, 7) is 3.44. The Labute approximate surface area is 146 Å². The average Bonchev–Trinajstić information content (AvgIpc) is 2.95. The number of rotatable bonds is 7. The molecule has 2 aromatic rings. The van der Waals surface area contributed by atoms with Crippen molar-refractivity contribution in [3.8, 4) is 5.88 Å². The van der Waals surface area contributed by atoms with Crippen molar-refractivity contribution >= 4 is 11.7 Å². The molecule has 0 bridgehead atoms. The maximum atomic E-state index is 12.6. The van der Waals surface area contributed by atoms with Crippen LogP contribution >= 0.6 is 0 Å². The highest BCUT2D eigenvalue weighted by molar-refractivity contribution is 5.86. The summed E-state index contributed by atoms with van der Waals surface area (Å²) in [7, 11) is 0. The van der Waals surface area contributed by atoms with Crippen molar-refractivity contribution in [3.05, 3.63) is 47.8 Å². The average molecular weight is 342 g/mol. The van der Waals surface area contributed by atoms with Crippen molar-refractivity contribution < 1.29 is 14.6 Å². The molecule has 7 nitrogen and oxygen atoms in total. The molecule has 1 saturated heterocycles. The highest BCUT2D eigenvalue weighted by Crippen LogP contribution is 2.19. The van der Waals surface area contributed by atoms with Crippen LogP contribution in [-0.2, 0) is 11.3 Å². The maximum Gasteiger partial charge on any atom is 0.245 e. The lowest BCUT2D eigenvalue weighted by Crippen LogP contribution is -2.33. The molecule has 2 heterocycles. The smallest absolute Gasteiger partial charge is 0.245 e. The number of aryl methyl sites for hydroxylation is 1. The van der Waals surface area contributed by atoms with Crippen LogP contribution in [-0.4, -0.2) is 51.7 Å². The van der Waals surface area contributed by atoms with E-state index < -0.39 is 0 Å². The molecule has 1 aromatic carbocycles. The molecule has 1 atom stereocenters. The molecule has 0 radical (unpaired) electrons. The third-order valence-electron chi connectivity index (χ3n) is 4.07. The van der Waals surface area contributed by atoms with Crippen molar-refractivity contribution in [1.29, 1.82) is 0 Å². The van der Waals surface area contributed by atoms with Crippen molar-refractivity contribution in [2.75, 3.05) is 25.1 Å². The number of benzene rings is 1. The van der Waals surface area contributed by atoms with Crippen LogP contribution in [0.2, 0.25) is 0 Å². The van der Waals surface area contributed by atoms with Gasteiger partial charge in [-0.2, -0.15) is 4.98 Å². The van der Waals surface area contributed by atoms with E-state index in [1.165, 1.54) is 11.8 Å². The Bertz CT molecular complexity index is 721. The second-order valence-corrected chi connectivity index (χ2v) is 6.05. The lowest BCUT2D eigenvalue weighted by atomic mass is 10.1. The van der Waals surface area contributed by atoms with Gasteiger partial charge in [0.1, 0.15) is 18.5 Å². The number of carbonyl (C=O) groups excluding carboxylic acids is 1. The summed E-state index contributed by atoms with van der Waals surface area (Å²) in [5.74, 6) is 0.871. The fourth-order valence-electron chi connectivity index (χ4n) is 2.76. The fraction of sp³-hybridized carbons (Fsp3) is 0.389. The minimum Gasteiger partial charge on any atom is -0.474 e. The van der Waals surface area contributed by atoms with Crippen LogP contribution < -0.4 is 10.1 Å². The van der Waals surface area contributed by atoms with E-state index in [4.69, 9.17) is 9.84 Å². The number of hydrogen-bond donors (Lipinski definition) is 2. The highest BCUT2D eigenvalue weighted by atomic mass is 16.5. The van der Waals surface area contributed by atoms with Gasteiger partial charge in [0.05, 0.1) is 19.0 Å². The predicted octanol–water partition coefficient (Wildman–Crippen LogP) is 1.37. The largest absolute Gasteiger partial charge is 0.474 e. The summed E-state index contributed by atoms with van der Waals surface area (Å²) in [4.78, 5) is 22.7. The van der Waals surface area contributed by atoms with Crippen molar-refractivity contribution in [3.63, 3.8) is 0 Å². The Balaban J connectivity index is 1.59. The van der Waals surface area contributed by atoms with E-state index in [2.05, 4.69) is 39.6 Å². The van der Waals surface area contributed by atoms with Crippen LogP contribution in [0.3, 0.4) is 0 Å². The van der Waals surface area contributed by atoms with Crippen LogP contribution in [0.5, 0.6) is 5.88 Å². The zero-order valence-corrected chi connectivity index (χ0v) is 14.2. The molecule has 2 N–H and O–H groups in total. The number of anilines is 1. The minimum absolute atomic E-state index is 0.0593. The van der Waals surface area contributed by atoms with E-state index >= 15 is 0 Å². The molecule has 132 valence electrons. The Morgan fingerprint density at radius 1 is 1.32 bits per heavy atom. The zero-order chi connectivity index (χ0) is 17.6. The standard InChI is InChI=1S/C18H22N4O3/c1-13-2-4-14(5-3-13)12-22-7-6-15(18(22)24)20-16-10-19-11-17(21-16)25-9-8-23/h2-5,10-11,15,23H,6-9,12H2,1H3,(H,20,21). The van der Waals surface area contributed by atoms with Gasteiger partial charge < -0.3 is 20.1 Å². The second kappa shape index (κ2) is 7.94. The minimum atomic E-state index is -0.312. The number of aromatic nitrogens is 2. The molecule has 1 aliphatic rings. The highest BCUT2D eigenvalue weighted by Gasteiger charge is 2.31. The van der Waals surface area contributed by atoms with Crippen LogP contribution in [0.1, 0.15) is 17.5 Å². The molecular weight excluding hydrogens is 320 g/mol. The quantitative estimate of drug-likeness (QED) is 0.790. The van der Waals surface area contributed by atoms with E-state index in [9.17, 15) is 4.79 Å². The molecule has 3 rings (SSSR count). The van der Waals surface area contributed by atoms with E-state index in [0.717, 1.165) is 5.56 Å². The van der Waals surface area contributed by atoms with Gasteiger partial charge in [0.15, 0.2) is 0 Å². The molecule has 0 saturated carbocycles. The first-order valence-electron chi connectivity index (χ1n) is 8.32. The summed E-state index contributed by atoms with van der Waals surface area (Å²) in [5.41, 5.74) is 2.33. The van der Waals surface area contributed by atoms with Crippen LogP contribution in [0.25, 0.3) is 0 Å². The number of nitrogens with zero attached hydrogens (tertiary/aromatic N) is 3. The Morgan fingerprint density at radius 3 is 2.88 bits per heavy atom. The molecule has 1 fully saturated rings. The second-order valence-electron chi connectivity index (χ2n) is 6.05. The van der Waals surface area contributed by atoms with Crippen LogP contribution in [0.4, 0.5) is 5.82 Å². The van der Waals surface area contributed by atoms with Crippen molar-refractivity contribution in [1.82, 2.24) is 14.9 Å². The third kappa shape index (κ3) is 4.45. The van der Waals surface area contributed by atoms with Crippen molar-refractivity contribution in [2.45, 2.75) is 25.9 Å². The predicted molar refractivity (Wildman–Crippen MR) is 93.2 cm³/mol. The number of aliphatic hydroxyl groups is 1. The number of nitrogens with one attached hydrogen (secondary N) is 1. The molecular formula is C18H22N4O3. The normalized spacial score (nSPS) is 17.0. The monoisotopic (exact) mass is 342 g/mol. The first-order chi connectivity index (χ1) is 12.2. The maximum absolute atomic E-state index is 12.6. The zero-order valence-electron chi connectivity index (χ0n) is 14.2. The molecule has 1 unspecified atom stereocenters. The first kappa shape index (κ1) is 17.2.